The molecule has 9 rings (SSSR count). The molecule has 0 spiro atoms. The number of piperazine rings is 1. The van der Waals surface area contributed by atoms with Gasteiger partial charge in [-0.1, -0.05) is 35.7 Å². The Balaban J connectivity index is 0.676. The lowest BCUT2D eigenvalue weighted by atomic mass is 10.0. The summed E-state index contributed by atoms with van der Waals surface area (Å²) in [5.74, 6) is -0.857. The Morgan fingerprint density at radius 3 is 2.27 bits per heavy atom. The fraction of sp³-hybridized carbons (Fsp3) is 0.447. The van der Waals surface area contributed by atoms with Crippen molar-refractivity contribution in [3.63, 3.8) is 0 Å². The summed E-state index contributed by atoms with van der Waals surface area (Å²) in [4.78, 5) is 58.8. The number of aromatic nitrogens is 2. The summed E-state index contributed by atoms with van der Waals surface area (Å²) < 4.78 is 57.0. The van der Waals surface area contributed by atoms with Crippen LogP contribution in [0.15, 0.2) is 89.3 Å². The number of carbonyl (C=O) groups excluding carboxylic acids is 3. The topological polar surface area (TPSA) is 121 Å². The largest absolute Gasteiger partial charge is 0.418 e. The van der Waals surface area contributed by atoms with Crippen LogP contribution in [-0.2, 0) is 51.5 Å². The third-order valence-electron chi connectivity index (χ3n) is 12.8. The van der Waals surface area contributed by atoms with Gasteiger partial charge in [-0.3, -0.25) is 38.5 Å². The number of imidazole rings is 1. The number of halogens is 3. The molecule has 3 fully saturated rings. The molecule has 2 aromatic heterocycles. The van der Waals surface area contributed by atoms with Crippen molar-refractivity contribution in [1.29, 1.82) is 0 Å². The molecule has 0 radical (unpaired) electrons. The van der Waals surface area contributed by atoms with Crippen LogP contribution in [0, 0.1) is 0 Å². The number of hydrogen-bond acceptors (Lipinski definition) is 9. The highest BCUT2D eigenvalue weighted by Crippen LogP contribution is 2.35. The maximum Gasteiger partial charge on any atom is 0.418 e. The highest BCUT2D eigenvalue weighted by Gasteiger charge is 2.39. The summed E-state index contributed by atoms with van der Waals surface area (Å²) >= 11 is 0. The van der Waals surface area contributed by atoms with Crippen molar-refractivity contribution in [3.05, 3.63) is 128 Å². The van der Waals surface area contributed by atoms with Crippen LogP contribution < -0.4 is 15.9 Å². The van der Waals surface area contributed by atoms with Gasteiger partial charge < -0.3 is 19.3 Å². The minimum Gasteiger partial charge on any atom is -0.376 e. The van der Waals surface area contributed by atoms with E-state index >= 15 is 0 Å². The van der Waals surface area contributed by atoms with Gasteiger partial charge in [-0.05, 0) is 84.4 Å². The van der Waals surface area contributed by atoms with E-state index in [9.17, 15) is 32.3 Å². The van der Waals surface area contributed by atoms with Gasteiger partial charge in [0.2, 0.25) is 11.8 Å². The molecule has 2 atom stereocenters. The number of hydrogen-bond donors (Lipinski definition) is 1. The molecule has 3 amide bonds. The zero-order valence-electron chi connectivity index (χ0n) is 34.9. The number of pyridine rings is 1. The van der Waals surface area contributed by atoms with Crippen molar-refractivity contribution >= 4 is 28.9 Å². The lowest BCUT2D eigenvalue weighted by molar-refractivity contribution is -0.137. The van der Waals surface area contributed by atoms with Crippen LogP contribution in [0.4, 0.5) is 18.9 Å². The molecule has 5 aliphatic rings. The Morgan fingerprint density at radius 1 is 0.794 bits per heavy atom. The number of nitrogens with one attached hydrogen (secondary N) is 1. The monoisotopic (exact) mass is 865 g/mol. The number of ether oxygens (including phenoxy) is 2. The SMILES string of the molecule is O=C1CCC(N2Cc3cc(N4CCN(Cc5ccc(COCCOC6CCN(Cc7cc(C(F)(F)F)c8cn(C9C=C=C=CC9)c(=O)n8c7)CC6)cc5)CC4)ccc3C2=O)C(=O)N1. The number of fused-ring (bicyclic) bond motifs is 2. The summed E-state index contributed by atoms with van der Waals surface area (Å²) in [6.07, 6.45) is 4.16. The standard InChI is InChI=1S/C47H50F3N7O6/c48-47(49,50)40-24-34(28-57-42(40)30-55(46(57)61)36-4-2-1-3-5-36)27-52-16-14-38(15-17-52)63-23-22-62-31-33-8-6-32(7-9-33)26-53-18-20-54(21-19-53)37-10-11-39-35(25-37)29-56(45(39)60)41-12-13-43(58)51-44(41)59/h2,5-11,24-25,28,30,36,38,41H,4,12-23,26-27,29,31H2,(H,51,58,59). The normalized spacial score (nSPS) is 21.2. The fourth-order valence-electron chi connectivity index (χ4n) is 9.34. The summed E-state index contributed by atoms with van der Waals surface area (Å²) in [5, 5.41) is 2.36. The molecular formula is C47H50F3N7O6. The smallest absolute Gasteiger partial charge is 0.376 e. The maximum atomic E-state index is 14.2. The van der Waals surface area contributed by atoms with E-state index in [1.807, 2.05) is 12.1 Å². The Morgan fingerprint density at radius 2 is 1.54 bits per heavy atom. The van der Waals surface area contributed by atoms with Gasteiger partial charge in [0.25, 0.3) is 5.91 Å². The lowest BCUT2D eigenvalue weighted by Gasteiger charge is -2.36. The van der Waals surface area contributed by atoms with Crippen LogP contribution in [0.1, 0.15) is 76.3 Å². The van der Waals surface area contributed by atoms with Crippen molar-refractivity contribution in [2.45, 2.75) is 82.7 Å². The molecule has 0 saturated carbocycles. The molecule has 2 aromatic carbocycles. The number of likely N-dealkylation sites (tertiary alicyclic amines) is 1. The van der Waals surface area contributed by atoms with Gasteiger partial charge in [0, 0.05) is 89.0 Å². The van der Waals surface area contributed by atoms with Crippen molar-refractivity contribution in [2.24, 2.45) is 0 Å². The van der Waals surface area contributed by atoms with E-state index in [0.717, 1.165) is 72.8 Å². The number of imide groups is 1. The molecule has 0 bridgehead atoms. The van der Waals surface area contributed by atoms with Crippen LogP contribution in [0.5, 0.6) is 0 Å². The molecule has 13 nitrogen and oxygen atoms in total. The summed E-state index contributed by atoms with van der Waals surface area (Å²) in [7, 11) is 0. The van der Waals surface area contributed by atoms with Gasteiger partial charge in [0.05, 0.1) is 43.0 Å². The predicted octanol–water partition coefficient (Wildman–Crippen LogP) is 5.21. The van der Waals surface area contributed by atoms with E-state index in [0.29, 0.717) is 70.0 Å². The first-order valence-electron chi connectivity index (χ1n) is 21.7. The molecule has 2 unspecified atom stereocenters. The van der Waals surface area contributed by atoms with E-state index in [1.165, 1.54) is 22.5 Å². The van der Waals surface area contributed by atoms with Crippen LogP contribution in [0.2, 0.25) is 0 Å². The minimum absolute atomic E-state index is 0.0411. The van der Waals surface area contributed by atoms with E-state index in [2.05, 4.69) is 61.8 Å². The molecule has 16 heteroatoms. The van der Waals surface area contributed by atoms with Crippen molar-refractivity contribution < 1.29 is 37.0 Å². The number of allylic oxidation sites excluding steroid dienone is 2. The summed E-state index contributed by atoms with van der Waals surface area (Å²) in [6.45, 7) is 7.72. The minimum atomic E-state index is -4.61. The molecule has 1 aliphatic carbocycles. The predicted molar refractivity (Wildman–Crippen MR) is 227 cm³/mol. The molecule has 4 aliphatic heterocycles. The van der Waals surface area contributed by atoms with Gasteiger partial charge in [-0.15, -0.1) is 0 Å². The quantitative estimate of drug-likeness (QED) is 0.110. The van der Waals surface area contributed by atoms with E-state index in [1.54, 1.807) is 17.1 Å². The van der Waals surface area contributed by atoms with E-state index in [4.69, 9.17) is 9.47 Å². The van der Waals surface area contributed by atoms with Gasteiger partial charge in [-0.25, -0.2) is 4.79 Å². The van der Waals surface area contributed by atoms with Crippen LogP contribution in [0.3, 0.4) is 0 Å². The van der Waals surface area contributed by atoms with Crippen molar-refractivity contribution in [2.75, 3.05) is 57.4 Å². The first-order chi connectivity index (χ1) is 30.5. The molecule has 63 heavy (non-hydrogen) atoms. The number of anilines is 1. The van der Waals surface area contributed by atoms with Crippen LogP contribution in [0.25, 0.3) is 5.52 Å². The van der Waals surface area contributed by atoms with E-state index < -0.39 is 35.4 Å². The molecule has 1 N–H and O–H groups in total. The van der Waals surface area contributed by atoms with E-state index in [-0.39, 0.29) is 29.9 Å². The second-order valence-electron chi connectivity index (χ2n) is 17.0. The second-order valence-corrected chi connectivity index (χ2v) is 17.0. The average molecular weight is 866 g/mol. The molecule has 3 saturated heterocycles. The number of nitrogens with zero attached hydrogens (tertiary/aromatic N) is 6. The molecular weight excluding hydrogens is 816 g/mol. The second kappa shape index (κ2) is 18.2. The number of benzene rings is 2. The molecule has 4 aromatic rings. The van der Waals surface area contributed by atoms with Gasteiger partial charge in [0.1, 0.15) is 6.04 Å². The number of amides is 3. The third kappa shape index (κ3) is 9.47. The summed E-state index contributed by atoms with van der Waals surface area (Å²) in [6, 6.07) is 14.5. The van der Waals surface area contributed by atoms with Gasteiger partial charge in [-0.2, -0.15) is 13.2 Å². The first kappa shape index (κ1) is 42.6. The van der Waals surface area contributed by atoms with Crippen LogP contribution >= 0.6 is 0 Å². The van der Waals surface area contributed by atoms with Crippen molar-refractivity contribution in [1.82, 2.24) is 29.0 Å². The van der Waals surface area contributed by atoms with Gasteiger partial charge in [0.15, 0.2) is 0 Å². The zero-order chi connectivity index (χ0) is 43.7. The fourth-order valence-corrected chi connectivity index (χ4v) is 9.34. The average Bonchev–Trinajstić information content (AvgIpc) is 3.79. The highest BCUT2D eigenvalue weighted by atomic mass is 19.4. The highest BCUT2D eigenvalue weighted by molar-refractivity contribution is 6.05. The Labute approximate surface area is 362 Å². The van der Waals surface area contributed by atoms with Crippen LogP contribution in [-0.4, -0.2) is 106 Å². The van der Waals surface area contributed by atoms with Crippen molar-refractivity contribution in [3.8, 4) is 0 Å². The van der Waals surface area contributed by atoms with Gasteiger partial charge >= 0.3 is 11.9 Å². The summed E-state index contributed by atoms with van der Waals surface area (Å²) in [5.41, 5.74) is 9.47. The maximum absolute atomic E-state index is 14.2. The number of alkyl halides is 3. The number of piperidine rings is 2. The molecule has 6 heterocycles. The third-order valence-corrected chi connectivity index (χ3v) is 12.8. The lowest BCUT2D eigenvalue weighted by Crippen LogP contribution is -2.52. The Bertz CT molecular complexity index is 2540. The number of rotatable bonds is 13. The molecule has 330 valence electrons. The Hall–Kier alpha value is -5.73. The first-order valence-corrected chi connectivity index (χ1v) is 21.7. The Kier molecular flexibility index (Phi) is 12.3. The number of carbonyl (C=O) groups is 3. The zero-order valence-corrected chi connectivity index (χ0v) is 34.9.